The van der Waals surface area contributed by atoms with E-state index in [1.54, 1.807) is 23.9 Å². The average Bonchev–Trinajstić information content (AvgIpc) is 3.12. The smallest absolute Gasteiger partial charge is 0.241 e. The molecule has 0 spiro atoms. The molecule has 0 fully saturated rings. The summed E-state index contributed by atoms with van der Waals surface area (Å²) >= 11 is 3.06. The Hall–Kier alpha value is -2.59. The van der Waals surface area contributed by atoms with Gasteiger partial charge in [0.2, 0.25) is 10.0 Å². The van der Waals surface area contributed by atoms with Gasteiger partial charge < -0.3 is 9.47 Å². The van der Waals surface area contributed by atoms with Gasteiger partial charge in [0.25, 0.3) is 0 Å². The number of thiazole rings is 1. The minimum Gasteiger partial charge on any atom is -0.490 e. The molecule has 0 radical (unpaired) electrons. The third kappa shape index (κ3) is 4.59. The van der Waals surface area contributed by atoms with Crippen LogP contribution in [0.1, 0.15) is 23.0 Å². The lowest BCUT2D eigenvalue weighted by Gasteiger charge is -2.20. The van der Waals surface area contributed by atoms with Gasteiger partial charge in [0.05, 0.1) is 34.4 Å². The predicted molar refractivity (Wildman–Crippen MR) is 132 cm³/mol. The van der Waals surface area contributed by atoms with Crippen molar-refractivity contribution in [3.05, 3.63) is 77.3 Å². The molecule has 1 aliphatic rings. The molecule has 33 heavy (non-hydrogen) atoms. The summed E-state index contributed by atoms with van der Waals surface area (Å²) in [6.07, 6.45) is 2.73. The molecule has 9 heteroatoms. The monoisotopic (exact) mass is 498 g/mol. The molecule has 6 nitrogen and oxygen atoms in total. The van der Waals surface area contributed by atoms with E-state index in [0.717, 1.165) is 27.1 Å². The van der Waals surface area contributed by atoms with E-state index in [-0.39, 0.29) is 4.90 Å². The van der Waals surface area contributed by atoms with Crippen molar-refractivity contribution in [3.63, 3.8) is 0 Å². The number of nitrogens with zero attached hydrogens (tertiary/aromatic N) is 1. The van der Waals surface area contributed by atoms with Crippen LogP contribution in [0.4, 0.5) is 0 Å². The van der Waals surface area contributed by atoms with Gasteiger partial charge in [-0.1, -0.05) is 30.3 Å². The second-order valence-electron chi connectivity index (χ2n) is 7.48. The van der Waals surface area contributed by atoms with Crippen LogP contribution in [0.15, 0.2) is 76.5 Å². The lowest BCUT2D eigenvalue weighted by atomic mass is 10.1. The molecular weight excluding hydrogens is 476 g/mol. The summed E-state index contributed by atoms with van der Waals surface area (Å²) in [6, 6.07) is 19.7. The summed E-state index contributed by atoms with van der Waals surface area (Å²) in [4.78, 5) is 5.88. The van der Waals surface area contributed by atoms with Gasteiger partial charge in [-0.05, 0) is 42.2 Å². The van der Waals surface area contributed by atoms with Gasteiger partial charge in [-0.25, -0.2) is 13.4 Å². The first-order valence-corrected chi connectivity index (χ1v) is 14.0. The van der Waals surface area contributed by atoms with E-state index in [1.165, 1.54) is 17.4 Å². The normalized spacial score (nSPS) is 14.7. The minimum atomic E-state index is -3.89. The second kappa shape index (κ2) is 9.34. The Kier molecular flexibility index (Phi) is 6.29. The van der Waals surface area contributed by atoms with E-state index >= 15 is 0 Å². The molecule has 0 unspecified atom stereocenters. The van der Waals surface area contributed by atoms with Crippen LogP contribution in [0.25, 0.3) is 10.2 Å². The van der Waals surface area contributed by atoms with Crippen molar-refractivity contribution in [2.24, 2.45) is 0 Å². The number of ether oxygens (including phenoxy) is 2. The van der Waals surface area contributed by atoms with Crippen molar-refractivity contribution >= 4 is 43.3 Å². The quantitative estimate of drug-likeness (QED) is 0.366. The fourth-order valence-electron chi connectivity index (χ4n) is 3.70. The Morgan fingerprint density at radius 1 is 1.00 bits per heavy atom. The average molecular weight is 499 g/mol. The first-order valence-electron chi connectivity index (χ1n) is 10.5. The maximum Gasteiger partial charge on any atom is 0.241 e. The van der Waals surface area contributed by atoms with Crippen LogP contribution in [0.5, 0.6) is 11.5 Å². The molecule has 1 N–H and O–H groups in total. The molecule has 2 heterocycles. The molecule has 0 aliphatic carbocycles. The van der Waals surface area contributed by atoms with Crippen LogP contribution in [0.2, 0.25) is 0 Å². The van der Waals surface area contributed by atoms with Crippen LogP contribution >= 0.6 is 23.1 Å². The van der Waals surface area contributed by atoms with Gasteiger partial charge in [-0.3, -0.25) is 0 Å². The Morgan fingerprint density at radius 2 is 1.76 bits per heavy atom. The summed E-state index contributed by atoms with van der Waals surface area (Å²) in [5.74, 6) is 0.998. The number of sulfonamides is 1. The molecule has 170 valence electrons. The standard InChI is InChI=1S/C24H22N2O4S3/c1-31-21-9-4-2-7-17(21)23(24-25-18-8-3-5-10-22(18)32-24)26-33(27,28)16-11-12-19-20(15-16)30-14-6-13-29-19/h2-5,7-12,15,23,26H,6,13-14H2,1H3/t23-/m0/s1. The van der Waals surface area contributed by atoms with Gasteiger partial charge >= 0.3 is 0 Å². The number of benzene rings is 3. The lowest BCUT2D eigenvalue weighted by molar-refractivity contribution is 0.297. The molecular formula is C24H22N2O4S3. The summed E-state index contributed by atoms with van der Waals surface area (Å²) in [7, 11) is -3.89. The molecule has 5 rings (SSSR count). The van der Waals surface area contributed by atoms with Crippen LogP contribution < -0.4 is 14.2 Å². The number of hydrogen-bond acceptors (Lipinski definition) is 7. The second-order valence-corrected chi connectivity index (χ2v) is 11.1. The van der Waals surface area contributed by atoms with Crippen molar-refractivity contribution < 1.29 is 17.9 Å². The first kappa shape index (κ1) is 22.2. The Bertz CT molecular complexity index is 1370. The van der Waals surface area contributed by atoms with E-state index in [1.807, 2.05) is 54.8 Å². The summed E-state index contributed by atoms with van der Waals surface area (Å²) in [6.45, 7) is 1.03. The molecule has 1 aromatic heterocycles. The largest absolute Gasteiger partial charge is 0.490 e. The fraction of sp³-hybridized carbons (Fsp3) is 0.208. The van der Waals surface area contributed by atoms with Gasteiger partial charge in [0.1, 0.15) is 5.01 Å². The molecule has 0 saturated carbocycles. The van der Waals surface area contributed by atoms with Crippen molar-refractivity contribution in [2.75, 3.05) is 19.5 Å². The molecule has 0 bridgehead atoms. The maximum absolute atomic E-state index is 13.5. The van der Waals surface area contributed by atoms with E-state index in [2.05, 4.69) is 4.72 Å². The van der Waals surface area contributed by atoms with Crippen molar-refractivity contribution in [3.8, 4) is 11.5 Å². The highest BCUT2D eigenvalue weighted by atomic mass is 32.2. The number of nitrogens with one attached hydrogen (secondary N) is 1. The zero-order valence-electron chi connectivity index (χ0n) is 17.9. The maximum atomic E-state index is 13.5. The Labute approximate surface area is 201 Å². The van der Waals surface area contributed by atoms with Crippen LogP contribution in [-0.4, -0.2) is 32.9 Å². The van der Waals surface area contributed by atoms with Gasteiger partial charge in [0.15, 0.2) is 11.5 Å². The molecule has 0 amide bonds. The van der Waals surface area contributed by atoms with E-state index in [4.69, 9.17) is 14.5 Å². The minimum absolute atomic E-state index is 0.125. The third-order valence-electron chi connectivity index (χ3n) is 5.31. The number of para-hydroxylation sites is 1. The van der Waals surface area contributed by atoms with Gasteiger partial charge in [0, 0.05) is 17.4 Å². The lowest BCUT2D eigenvalue weighted by Crippen LogP contribution is -2.29. The zero-order valence-corrected chi connectivity index (χ0v) is 20.3. The van der Waals surface area contributed by atoms with Crippen molar-refractivity contribution in [2.45, 2.75) is 22.3 Å². The van der Waals surface area contributed by atoms with Gasteiger partial charge in [-0.2, -0.15) is 4.72 Å². The van der Waals surface area contributed by atoms with E-state index in [9.17, 15) is 8.42 Å². The SMILES string of the molecule is CSc1ccccc1[C@H](NS(=O)(=O)c1ccc2c(c1)OCCCO2)c1nc2ccccc2s1. The summed E-state index contributed by atoms with van der Waals surface area (Å²) in [5.41, 5.74) is 1.71. The number of rotatable bonds is 6. The predicted octanol–water partition coefficient (Wildman–Crippen LogP) is 5.25. The summed E-state index contributed by atoms with van der Waals surface area (Å²) in [5, 5.41) is 0.690. The van der Waals surface area contributed by atoms with Gasteiger partial charge in [-0.15, -0.1) is 23.1 Å². The Balaban J connectivity index is 1.57. The Morgan fingerprint density at radius 3 is 2.58 bits per heavy atom. The highest BCUT2D eigenvalue weighted by molar-refractivity contribution is 7.98. The molecule has 1 atom stereocenters. The van der Waals surface area contributed by atoms with Crippen LogP contribution in [0.3, 0.4) is 0 Å². The summed E-state index contributed by atoms with van der Waals surface area (Å²) < 4.78 is 42.3. The number of aromatic nitrogens is 1. The fourth-order valence-corrected chi connectivity index (χ4v) is 6.64. The highest BCUT2D eigenvalue weighted by Gasteiger charge is 2.28. The topological polar surface area (TPSA) is 77.5 Å². The first-order chi connectivity index (χ1) is 16.0. The number of fused-ring (bicyclic) bond motifs is 2. The van der Waals surface area contributed by atoms with Crippen molar-refractivity contribution in [1.82, 2.24) is 9.71 Å². The molecule has 0 saturated heterocycles. The van der Waals surface area contributed by atoms with Crippen LogP contribution in [0, 0.1) is 0 Å². The number of hydrogen-bond donors (Lipinski definition) is 1. The highest BCUT2D eigenvalue weighted by Crippen LogP contribution is 2.37. The van der Waals surface area contributed by atoms with E-state index in [0.29, 0.717) is 29.7 Å². The van der Waals surface area contributed by atoms with E-state index < -0.39 is 16.1 Å². The molecule has 4 aromatic rings. The third-order valence-corrected chi connectivity index (χ3v) is 8.64. The molecule has 3 aromatic carbocycles. The van der Waals surface area contributed by atoms with Crippen LogP contribution in [-0.2, 0) is 10.0 Å². The van der Waals surface area contributed by atoms with Crippen molar-refractivity contribution in [1.29, 1.82) is 0 Å². The number of thioether (sulfide) groups is 1. The zero-order chi connectivity index (χ0) is 22.8. The molecule has 1 aliphatic heterocycles.